The van der Waals surface area contributed by atoms with E-state index in [0.29, 0.717) is 37.7 Å². The molecule has 1 aromatic rings. The maximum absolute atomic E-state index is 12.1. The number of piperidine rings is 1. The summed E-state index contributed by atoms with van der Waals surface area (Å²) in [4.78, 5) is 26.6. The average molecular weight is 344 g/mol. The van der Waals surface area contributed by atoms with Gasteiger partial charge in [0.2, 0.25) is 11.8 Å². The number of ether oxygens (including phenoxy) is 1. The monoisotopic (exact) mass is 344 g/mol. The molecular weight excluding hydrogens is 320 g/mol. The first-order chi connectivity index (χ1) is 11.5. The average Bonchev–Trinajstić information content (AvgIpc) is 3.01. The minimum absolute atomic E-state index is 0.172. The summed E-state index contributed by atoms with van der Waals surface area (Å²) in [5.74, 6) is 0.303. The molecule has 24 heavy (non-hydrogen) atoms. The van der Waals surface area contributed by atoms with Crippen LogP contribution in [0, 0.1) is 5.92 Å². The third-order valence-corrected chi connectivity index (χ3v) is 3.57. The number of rotatable bonds is 6. The van der Waals surface area contributed by atoms with Gasteiger partial charge in [-0.3, -0.25) is 9.59 Å². The van der Waals surface area contributed by atoms with Crippen molar-refractivity contribution < 1.29 is 29.1 Å². The second kappa shape index (κ2) is 10.7. The Bertz CT molecular complexity index is 509. The highest BCUT2D eigenvalue weighted by Crippen LogP contribution is 2.16. The van der Waals surface area contributed by atoms with Crippen molar-refractivity contribution in [2.45, 2.75) is 25.5 Å². The molecule has 0 bridgehead atoms. The molecule has 1 saturated heterocycles. The van der Waals surface area contributed by atoms with Gasteiger partial charge < -0.3 is 29.7 Å². The normalized spacial score (nSPS) is 20.8. The van der Waals surface area contributed by atoms with Gasteiger partial charge in [0.05, 0.1) is 25.2 Å². The largest absolute Gasteiger partial charge is 0.483 e. The standard InChI is InChI=1S/C13H22N4O4.CH2O2/c1-17-5-3-10(18)9(8-17)13(19)14-7-12-15-11(16-21-12)4-6-20-2;2-1-3/h9-10,18H,3-8H2,1-2H3,(H,14,19);1H,(H,2,3)/t9-,10-;/m1./s1. The van der Waals surface area contributed by atoms with Crippen molar-refractivity contribution in [3.05, 3.63) is 11.7 Å². The van der Waals surface area contributed by atoms with Gasteiger partial charge in [-0.05, 0) is 13.5 Å². The predicted molar refractivity (Wildman–Crippen MR) is 82.0 cm³/mol. The SMILES string of the molecule is COCCc1noc(CNC(=O)[C@@H]2CN(C)CC[C@H]2O)n1.O=CO. The van der Waals surface area contributed by atoms with Crippen LogP contribution in [0.4, 0.5) is 0 Å². The zero-order valence-electron chi connectivity index (χ0n) is 13.8. The predicted octanol–water partition coefficient (Wildman–Crippen LogP) is -1.11. The van der Waals surface area contributed by atoms with Crippen LogP contribution in [0.15, 0.2) is 4.52 Å². The van der Waals surface area contributed by atoms with Crippen LogP contribution >= 0.6 is 0 Å². The van der Waals surface area contributed by atoms with Gasteiger partial charge in [0.15, 0.2) is 5.82 Å². The van der Waals surface area contributed by atoms with Gasteiger partial charge in [-0.25, -0.2) is 0 Å². The lowest BCUT2D eigenvalue weighted by Crippen LogP contribution is -2.48. The van der Waals surface area contributed by atoms with E-state index in [1.165, 1.54) is 0 Å². The van der Waals surface area contributed by atoms with E-state index in [1.807, 2.05) is 11.9 Å². The molecule has 2 heterocycles. The Kier molecular flexibility index (Phi) is 8.90. The van der Waals surface area contributed by atoms with Crippen LogP contribution in [0.3, 0.4) is 0 Å². The molecule has 2 rings (SSSR count). The summed E-state index contributed by atoms with van der Waals surface area (Å²) in [7, 11) is 3.54. The van der Waals surface area contributed by atoms with Crippen molar-refractivity contribution in [3.63, 3.8) is 0 Å². The van der Waals surface area contributed by atoms with Crippen molar-refractivity contribution in [1.82, 2.24) is 20.4 Å². The second-order valence-corrected chi connectivity index (χ2v) is 5.40. The lowest BCUT2D eigenvalue weighted by molar-refractivity contribution is -0.131. The number of amides is 1. The van der Waals surface area contributed by atoms with Crippen LogP contribution < -0.4 is 5.32 Å². The van der Waals surface area contributed by atoms with Gasteiger partial charge >= 0.3 is 0 Å². The van der Waals surface area contributed by atoms with Crippen molar-refractivity contribution in [2.24, 2.45) is 5.92 Å². The molecule has 1 amide bonds. The number of aromatic nitrogens is 2. The zero-order valence-corrected chi connectivity index (χ0v) is 13.8. The summed E-state index contributed by atoms with van der Waals surface area (Å²) in [6.45, 7) is 1.80. The van der Waals surface area contributed by atoms with E-state index in [0.717, 1.165) is 6.54 Å². The number of likely N-dealkylation sites (tertiary alicyclic amines) is 1. The summed E-state index contributed by atoms with van der Waals surface area (Å²) in [5, 5.41) is 23.3. The van der Waals surface area contributed by atoms with E-state index in [4.69, 9.17) is 19.2 Å². The first kappa shape index (κ1) is 20.0. The van der Waals surface area contributed by atoms with Gasteiger partial charge in [0, 0.05) is 26.6 Å². The molecule has 1 aromatic heterocycles. The number of methoxy groups -OCH3 is 1. The molecule has 1 aliphatic rings. The van der Waals surface area contributed by atoms with Crippen LogP contribution in [0.2, 0.25) is 0 Å². The number of hydrogen-bond donors (Lipinski definition) is 3. The summed E-state index contributed by atoms with van der Waals surface area (Å²) in [6, 6.07) is 0. The number of hydrogen-bond acceptors (Lipinski definition) is 8. The Balaban J connectivity index is 0.000000891. The molecule has 10 nitrogen and oxygen atoms in total. The highest BCUT2D eigenvalue weighted by molar-refractivity contribution is 5.79. The maximum atomic E-state index is 12.1. The minimum atomic E-state index is -0.596. The van der Waals surface area contributed by atoms with E-state index in [2.05, 4.69) is 15.5 Å². The first-order valence-corrected chi connectivity index (χ1v) is 7.54. The highest BCUT2D eigenvalue weighted by atomic mass is 16.5. The molecule has 0 unspecified atom stereocenters. The maximum Gasteiger partial charge on any atom is 0.290 e. The van der Waals surface area contributed by atoms with Crippen LogP contribution in [0.5, 0.6) is 0 Å². The Hall–Kier alpha value is -2.04. The Morgan fingerprint density at radius 1 is 1.58 bits per heavy atom. The fourth-order valence-electron chi connectivity index (χ4n) is 2.31. The molecule has 10 heteroatoms. The molecular formula is C14H24N4O6. The third kappa shape index (κ3) is 6.60. The number of aliphatic hydroxyl groups is 1. The van der Waals surface area contributed by atoms with Crippen LogP contribution in [0.1, 0.15) is 18.1 Å². The summed E-state index contributed by atoms with van der Waals surface area (Å²) < 4.78 is 9.97. The number of carboxylic acid groups (broad SMARTS) is 1. The number of nitrogens with zero attached hydrogens (tertiary/aromatic N) is 3. The molecule has 1 fully saturated rings. The summed E-state index contributed by atoms with van der Waals surface area (Å²) >= 11 is 0. The smallest absolute Gasteiger partial charge is 0.290 e. The van der Waals surface area contributed by atoms with Gasteiger partial charge in [0.25, 0.3) is 6.47 Å². The van der Waals surface area contributed by atoms with E-state index in [1.54, 1.807) is 7.11 Å². The molecule has 0 radical (unpaired) electrons. The van der Waals surface area contributed by atoms with E-state index >= 15 is 0 Å². The van der Waals surface area contributed by atoms with Gasteiger partial charge in [-0.15, -0.1) is 0 Å². The van der Waals surface area contributed by atoms with Gasteiger partial charge in [-0.2, -0.15) is 4.98 Å². The van der Waals surface area contributed by atoms with E-state index < -0.39 is 12.0 Å². The number of nitrogens with one attached hydrogen (secondary N) is 1. The van der Waals surface area contributed by atoms with Gasteiger partial charge in [0.1, 0.15) is 0 Å². The van der Waals surface area contributed by atoms with Crippen molar-refractivity contribution >= 4 is 12.4 Å². The molecule has 0 aliphatic carbocycles. The Morgan fingerprint density at radius 3 is 2.96 bits per heavy atom. The Morgan fingerprint density at radius 2 is 2.29 bits per heavy atom. The van der Waals surface area contributed by atoms with Crippen LogP contribution in [0.25, 0.3) is 0 Å². The van der Waals surface area contributed by atoms with E-state index in [9.17, 15) is 9.90 Å². The number of carbonyl (C=O) groups is 2. The second-order valence-electron chi connectivity index (χ2n) is 5.40. The lowest BCUT2D eigenvalue weighted by Gasteiger charge is -2.32. The third-order valence-electron chi connectivity index (χ3n) is 3.57. The minimum Gasteiger partial charge on any atom is -0.483 e. The van der Waals surface area contributed by atoms with E-state index in [-0.39, 0.29) is 18.9 Å². The quantitative estimate of drug-likeness (QED) is 0.548. The summed E-state index contributed by atoms with van der Waals surface area (Å²) in [6.07, 6.45) is 0.581. The topological polar surface area (TPSA) is 138 Å². The molecule has 1 aliphatic heterocycles. The molecule has 136 valence electrons. The molecule has 0 saturated carbocycles. The van der Waals surface area contributed by atoms with Crippen molar-refractivity contribution in [1.29, 1.82) is 0 Å². The molecule has 0 aromatic carbocycles. The fourth-order valence-corrected chi connectivity index (χ4v) is 2.31. The molecule has 0 spiro atoms. The molecule has 3 N–H and O–H groups in total. The van der Waals surface area contributed by atoms with Crippen molar-refractivity contribution in [2.75, 3.05) is 33.9 Å². The highest BCUT2D eigenvalue weighted by Gasteiger charge is 2.31. The zero-order chi connectivity index (χ0) is 17.9. The number of aliphatic hydroxyl groups excluding tert-OH is 1. The first-order valence-electron chi connectivity index (χ1n) is 7.54. The van der Waals surface area contributed by atoms with Crippen LogP contribution in [-0.2, 0) is 27.3 Å². The fraction of sp³-hybridized carbons (Fsp3) is 0.714. The lowest BCUT2D eigenvalue weighted by atomic mass is 9.94. The number of carbonyl (C=O) groups excluding carboxylic acids is 1. The Labute approximate surface area is 139 Å². The summed E-state index contributed by atoms with van der Waals surface area (Å²) in [5.41, 5.74) is 0. The van der Waals surface area contributed by atoms with Crippen LogP contribution in [-0.4, -0.2) is 77.6 Å². The van der Waals surface area contributed by atoms with Crippen molar-refractivity contribution in [3.8, 4) is 0 Å². The molecule has 2 atom stereocenters. The van der Waals surface area contributed by atoms with Gasteiger partial charge in [-0.1, -0.05) is 5.16 Å².